The Hall–Kier alpha value is -1.89. The van der Waals surface area contributed by atoms with Crippen molar-refractivity contribution in [1.29, 1.82) is 0 Å². The highest BCUT2D eigenvalue weighted by atomic mass is 32.1. The molecule has 2 rings (SSSR count). The number of aryl methyl sites for hydroxylation is 3. The Bertz CT molecular complexity index is 656. The average molecular weight is 335 g/mol. The molecule has 0 aliphatic carbocycles. The van der Waals surface area contributed by atoms with Crippen LogP contribution in [0, 0.1) is 20.8 Å². The van der Waals surface area contributed by atoms with Crippen LogP contribution in [-0.2, 0) is 6.54 Å². The molecule has 0 bridgehead atoms. The Morgan fingerprint density at radius 2 is 2.17 bits per heavy atom. The topological polar surface area (TPSA) is 66.6 Å². The monoisotopic (exact) mass is 335 g/mol. The largest absolute Gasteiger partial charge is 0.361 e. The number of aliphatic imine (C=N–C) groups is 1. The molecule has 7 heteroatoms. The molecule has 0 aliphatic rings. The van der Waals surface area contributed by atoms with Crippen molar-refractivity contribution >= 4 is 17.3 Å². The van der Waals surface area contributed by atoms with Gasteiger partial charge < -0.3 is 14.7 Å². The molecule has 6 nitrogen and oxygen atoms in total. The predicted molar refractivity (Wildman–Crippen MR) is 94.1 cm³/mol. The molecule has 0 amide bonds. The molecule has 1 N–H and O–H groups in total. The van der Waals surface area contributed by atoms with Crippen LogP contribution >= 0.6 is 11.3 Å². The summed E-state index contributed by atoms with van der Waals surface area (Å²) < 4.78 is 5.25. The van der Waals surface area contributed by atoms with Gasteiger partial charge in [-0.05, 0) is 20.8 Å². The van der Waals surface area contributed by atoms with Gasteiger partial charge in [0.2, 0.25) is 0 Å². The molecule has 0 aromatic carbocycles. The van der Waals surface area contributed by atoms with E-state index in [1.54, 1.807) is 18.4 Å². The third-order valence-electron chi connectivity index (χ3n) is 3.79. The molecule has 1 unspecified atom stereocenters. The van der Waals surface area contributed by atoms with Crippen LogP contribution in [0.2, 0.25) is 0 Å². The normalized spacial score (nSPS) is 13.2. The van der Waals surface area contributed by atoms with Gasteiger partial charge in [-0.25, -0.2) is 4.98 Å². The fourth-order valence-corrected chi connectivity index (χ4v) is 3.33. The molecule has 23 heavy (non-hydrogen) atoms. The number of rotatable bonds is 5. The molecular formula is C16H25N5OS. The summed E-state index contributed by atoms with van der Waals surface area (Å²) in [6, 6.07) is 0. The molecule has 2 heterocycles. The smallest absolute Gasteiger partial charge is 0.193 e. The quantitative estimate of drug-likeness (QED) is 0.672. The second-order valence-electron chi connectivity index (χ2n) is 5.78. The van der Waals surface area contributed by atoms with Crippen LogP contribution in [0.4, 0.5) is 0 Å². The SMILES string of the molecule is CN=C(NCC(C)c1c(C)noc1C)N(C)Cc1csc(C)n1. The summed E-state index contributed by atoms with van der Waals surface area (Å²) in [4.78, 5) is 10.9. The number of thiazole rings is 1. The van der Waals surface area contributed by atoms with Crippen molar-refractivity contribution in [2.45, 2.75) is 40.2 Å². The van der Waals surface area contributed by atoms with Gasteiger partial charge in [0.25, 0.3) is 0 Å². The van der Waals surface area contributed by atoms with Gasteiger partial charge in [0.1, 0.15) is 5.76 Å². The van der Waals surface area contributed by atoms with Crippen LogP contribution in [0.5, 0.6) is 0 Å². The van der Waals surface area contributed by atoms with Gasteiger partial charge >= 0.3 is 0 Å². The molecule has 0 aliphatic heterocycles. The Labute approximate surface area is 141 Å². The molecule has 0 fully saturated rings. The van der Waals surface area contributed by atoms with Crippen molar-refractivity contribution in [3.8, 4) is 0 Å². The maximum Gasteiger partial charge on any atom is 0.193 e. The Balaban J connectivity index is 1.94. The second-order valence-corrected chi connectivity index (χ2v) is 6.84. The van der Waals surface area contributed by atoms with Crippen molar-refractivity contribution in [3.63, 3.8) is 0 Å². The number of guanidine groups is 1. The first kappa shape index (κ1) is 17.5. The van der Waals surface area contributed by atoms with Crippen LogP contribution in [0.15, 0.2) is 14.9 Å². The number of aromatic nitrogens is 2. The lowest BCUT2D eigenvalue weighted by Gasteiger charge is -2.23. The molecule has 0 saturated carbocycles. The first-order chi connectivity index (χ1) is 10.9. The van der Waals surface area contributed by atoms with Gasteiger partial charge in [0, 0.05) is 37.5 Å². The van der Waals surface area contributed by atoms with Gasteiger partial charge in [-0.3, -0.25) is 4.99 Å². The Morgan fingerprint density at radius 1 is 1.43 bits per heavy atom. The lowest BCUT2D eigenvalue weighted by Crippen LogP contribution is -2.40. The van der Waals surface area contributed by atoms with Crippen LogP contribution in [-0.4, -0.2) is 41.6 Å². The summed E-state index contributed by atoms with van der Waals surface area (Å²) in [5.41, 5.74) is 3.19. The third-order valence-corrected chi connectivity index (χ3v) is 4.61. The highest BCUT2D eigenvalue weighted by molar-refractivity contribution is 7.09. The minimum absolute atomic E-state index is 0.299. The van der Waals surface area contributed by atoms with Crippen molar-refractivity contribution < 1.29 is 4.52 Å². The van der Waals surface area contributed by atoms with E-state index in [-0.39, 0.29) is 0 Å². The molecule has 2 aromatic heterocycles. The van der Waals surface area contributed by atoms with Crippen molar-refractivity contribution in [2.75, 3.05) is 20.6 Å². The number of hydrogen-bond donors (Lipinski definition) is 1. The third kappa shape index (κ3) is 4.31. The van der Waals surface area contributed by atoms with Gasteiger partial charge in [-0.15, -0.1) is 11.3 Å². The lowest BCUT2D eigenvalue weighted by molar-refractivity contribution is 0.391. The van der Waals surface area contributed by atoms with Crippen LogP contribution in [0.3, 0.4) is 0 Å². The molecule has 126 valence electrons. The second kappa shape index (κ2) is 7.59. The van der Waals surface area contributed by atoms with Crippen LogP contribution in [0.1, 0.15) is 40.6 Å². The highest BCUT2D eigenvalue weighted by Gasteiger charge is 2.17. The molecular weight excluding hydrogens is 310 g/mol. The zero-order valence-corrected chi connectivity index (χ0v) is 15.5. The van der Waals surface area contributed by atoms with Crippen molar-refractivity contribution in [2.24, 2.45) is 4.99 Å². The van der Waals surface area contributed by atoms with Gasteiger partial charge in [-0.2, -0.15) is 0 Å². The minimum Gasteiger partial charge on any atom is -0.361 e. The van der Waals surface area contributed by atoms with E-state index in [1.807, 2.05) is 27.8 Å². The van der Waals surface area contributed by atoms with E-state index in [0.717, 1.165) is 41.2 Å². The summed E-state index contributed by atoms with van der Waals surface area (Å²) in [7, 11) is 3.82. The summed E-state index contributed by atoms with van der Waals surface area (Å²) >= 11 is 1.67. The van der Waals surface area contributed by atoms with E-state index < -0.39 is 0 Å². The molecule has 0 spiro atoms. The van der Waals surface area contributed by atoms with Crippen LogP contribution in [0.25, 0.3) is 0 Å². The number of nitrogens with zero attached hydrogens (tertiary/aromatic N) is 4. The van der Waals surface area contributed by atoms with E-state index in [2.05, 4.69) is 37.7 Å². The summed E-state index contributed by atoms with van der Waals surface area (Å²) in [6.45, 7) is 9.63. The van der Waals surface area contributed by atoms with E-state index in [9.17, 15) is 0 Å². The van der Waals surface area contributed by atoms with Gasteiger partial charge in [-0.1, -0.05) is 12.1 Å². The molecule has 0 radical (unpaired) electrons. The van der Waals surface area contributed by atoms with Crippen molar-refractivity contribution in [1.82, 2.24) is 20.4 Å². The zero-order valence-electron chi connectivity index (χ0n) is 14.7. The van der Waals surface area contributed by atoms with Crippen LogP contribution < -0.4 is 5.32 Å². The highest BCUT2D eigenvalue weighted by Crippen LogP contribution is 2.22. The summed E-state index contributed by atoms with van der Waals surface area (Å²) in [5.74, 6) is 2.04. The maximum atomic E-state index is 5.25. The average Bonchev–Trinajstić information content (AvgIpc) is 3.05. The van der Waals surface area contributed by atoms with E-state index in [1.165, 1.54) is 5.56 Å². The minimum atomic E-state index is 0.299. The summed E-state index contributed by atoms with van der Waals surface area (Å²) in [5, 5.41) is 10.6. The van der Waals surface area contributed by atoms with E-state index >= 15 is 0 Å². The first-order valence-corrected chi connectivity index (χ1v) is 8.55. The summed E-state index contributed by atoms with van der Waals surface area (Å²) in [6.07, 6.45) is 0. The van der Waals surface area contributed by atoms with E-state index in [0.29, 0.717) is 5.92 Å². The zero-order chi connectivity index (χ0) is 17.0. The fraction of sp³-hybridized carbons (Fsp3) is 0.562. The predicted octanol–water partition coefficient (Wildman–Crippen LogP) is 2.87. The maximum absolute atomic E-state index is 5.25. The van der Waals surface area contributed by atoms with Crippen molar-refractivity contribution in [3.05, 3.63) is 33.1 Å². The number of hydrogen-bond acceptors (Lipinski definition) is 5. The molecule has 2 aromatic rings. The standard InChI is InChI=1S/C16H25N5OS/c1-10(15-11(2)20-22-12(15)3)7-18-16(17-5)21(6)8-14-9-23-13(4)19-14/h9-10H,7-8H2,1-6H3,(H,17,18). The fourth-order valence-electron chi connectivity index (χ4n) is 2.72. The van der Waals surface area contributed by atoms with E-state index in [4.69, 9.17) is 4.52 Å². The first-order valence-electron chi connectivity index (χ1n) is 7.68. The molecule has 0 saturated heterocycles. The number of nitrogens with one attached hydrogen (secondary N) is 1. The molecule has 1 atom stereocenters. The Kier molecular flexibility index (Phi) is 5.76. The van der Waals surface area contributed by atoms with Gasteiger partial charge in [0.15, 0.2) is 5.96 Å². The van der Waals surface area contributed by atoms with Gasteiger partial charge in [0.05, 0.1) is 22.9 Å². The lowest BCUT2D eigenvalue weighted by atomic mass is 10.00. The Morgan fingerprint density at radius 3 is 2.70 bits per heavy atom.